The summed E-state index contributed by atoms with van der Waals surface area (Å²) in [4.78, 5) is 13.6. The first kappa shape index (κ1) is 15.5. The van der Waals surface area contributed by atoms with Gasteiger partial charge >= 0.3 is 5.97 Å². The zero-order valence-electron chi connectivity index (χ0n) is 12.4. The zero-order chi connectivity index (χ0) is 13.8. The van der Waals surface area contributed by atoms with Gasteiger partial charge < -0.3 is 10.0 Å². The van der Waals surface area contributed by atoms with Crippen LogP contribution in [0.5, 0.6) is 0 Å². The summed E-state index contributed by atoms with van der Waals surface area (Å²) in [5.41, 5.74) is -0.569. The molecule has 0 aromatic heterocycles. The Bertz CT molecular complexity index is 276. The van der Waals surface area contributed by atoms with Crippen molar-refractivity contribution in [2.45, 2.75) is 65.8 Å². The molecule has 3 heteroatoms. The second-order valence-corrected chi connectivity index (χ2v) is 6.54. The van der Waals surface area contributed by atoms with Gasteiger partial charge in [0.15, 0.2) is 0 Å². The van der Waals surface area contributed by atoms with Gasteiger partial charge in [0, 0.05) is 6.04 Å². The van der Waals surface area contributed by atoms with E-state index in [1.807, 2.05) is 13.8 Å². The molecule has 2 atom stereocenters. The summed E-state index contributed by atoms with van der Waals surface area (Å²) in [7, 11) is 0. The highest BCUT2D eigenvalue weighted by atomic mass is 16.4. The number of hydrogen-bond acceptors (Lipinski definition) is 2. The fourth-order valence-corrected chi connectivity index (χ4v) is 2.73. The van der Waals surface area contributed by atoms with Crippen molar-refractivity contribution in [2.24, 2.45) is 11.3 Å². The smallest absolute Gasteiger partial charge is 0.309 e. The standard InChI is InChI=1S/C15H29NO2/c1-12-8-7-11-16(13(12)2)10-6-5-9-15(3,4)14(17)18/h12-13H,5-11H2,1-4H3,(H,17,18). The van der Waals surface area contributed by atoms with Gasteiger partial charge in [-0.05, 0) is 65.5 Å². The molecule has 0 aliphatic carbocycles. The Morgan fingerprint density at radius 1 is 1.33 bits per heavy atom. The van der Waals surface area contributed by atoms with E-state index < -0.39 is 11.4 Å². The van der Waals surface area contributed by atoms with E-state index in [-0.39, 0.29) is 0 Å². The first-order valence-corrected chi connectivity index (χ1v) is 7.32. The molecule has 0 radical (unpaired) electrons. The lowest BCUT2D eigenvalue weighted by atomic mass is 9.87. The molecule has 3 nitrogen and oxygen atoms in total. The SMILES string of the molecule is CC1CCCN(CCCCC(C)(C)C(=O)O)C1C. The number of hydrogen-bond donors (Lipinski definition) is 1. The highest BCUT2D eigenvalue weighted by molar-refractivity contribution is 5.73. The predicted octanol–water partition coefficient (Wildman–Crippen LogP) is 3.39. The maximum absolute atomic E-state index is 11.0. The predicted molar refractivity (Wildman–Crippen MR) is 74.7 cm³/mol. The first-order valence-electron chi connectivity index (χ1n) is 7.32. The number of likely N-dealkylation sites (tertiary alicyclic amines) is 1. The molecule has 1 rings (SSSR count). The van der Waals surface area contributed by atoms with E-state index in [1.165, 1.54) is 19.4 Å². The van der Waals surface area contributed by atoms with Gasteiger partial charge in [-0.2, -0.15) is 0 Å². The summed E-state index contributed by atoms with van der Waals surface area (Å²) in [6.45, 7) is 10.6. The number of carbonyl (C=O) groups is 1. The normalized spacial score (nSPS) is 26.2. The van der Waals surface area contributed by atoms with Crippen molar-refractivity contribution in [3.8, 4) is 0 Å². The molecule has 0 spiro atoms. The molecule has 1 N–H and O–H groups in total. The molecule has 1 heterocycles. The minimum Gasteiger partial charge on any atom is -0.481 e. The number of unbranched alkanes of at least 4 members (excludes halogenated alkanes) is 1. The third-order valence-electron chi connectivity index (χ3n) is 4.58. The summed E-state index contributed by atoms with van der Waals surface area (Å²) in [6, 6.07) is 0.686. The second kappa shape index (κ2) is 6.55. The van der Waals surface area contributed by atoms with Crippen molar-refractivity contribution >= 4 is 5.97 Å². The summed E-state index contributed by atoms with van der Waals surface area (Å²) in [6.07, 6.45) is 5.57. The number of piperidine rings is 1. The average Bonchev–Trinajstić information content (AvgIpc) is 2.29. The van der Waals surface area contributed by atoms with Crippen LogP contribution < -0.4 is 0 Å². The van der Waals surface area contributed by atoms with Gasteiger partial charge in [0.05, 0.1) is 5.41 Å². The van der Waals surface area contributed by atoms with Gasteiger partial charge in [0.1, 0.15) is 0 Å². The van der Waals surface area contributed by atoms with Crippen LogP contribution in [0, 0.1) is 11.3 Å². The number of rotatable bonds is 6. The molecule has 106 valence electrons. The Balaban J connectivity index is 2.23. The van der Waals surface area contributed by atoms with E-state index in [4.69, 9.17) is 5.11 Å². The third kappa shape index (κ3) is 4.27. The van der Waals surface area contributed by atoms with Crippen LogP contribution in [0.15, 0.2) is 0 Å². The topological polar surface area (TPSA) is 40.5 Å². The van der Waals surface area contributed by atoms with Crippen molar-refractivity contribution in [3.05, 3.63) is 0 Å². The van der Waals surface area contributed by atoms with Crippen LogP contribution in [0.1, 0.15) is 59.8 Å². The summed E-state index contributed by atoms with van der Waals surface area (Å²) >= 11 is 0. The fourth-order valence-electron chi connectivity index (χ4n) is 2.73. The first-order chi connectivity index (χ1) is 8.34. The largest absolute Gasteiger partial charge is 0.481 e. The van der Waals surface area contributed by atoms with Crippen LogP contribution in [0.25, 0.3) is 0 Å². The minimum absolute atomic E-state index is 0.569. The Morgan fingerprint density at radius 3 is 2.61 bits per heavy atom. The van der Waals surface area contributed by atoms with Crippen molar-refractivity contribution in [1.82, 2.24) is 4.90 Å². The van der Waals surface area contributed by atoms with Gasteiger partial charge in [-0.3, -0.25) is 4.79 Å². The summed E-state index contributed by atoms with van der Waals surface area (Å²) in [5.74, 6) is 0.122. The molecule has 1 saturated heterocycles. The molecule has 1 aliphatic rings. The van der Waals surface area contributed by atoms with Crippen LogP contribution in [0.3, 0.4) is 0 Å². The number of carboxylic acids is 1. The van der Waals surface area contributed by atoms with Gasteiger partial charge in [-0.1, -0.05) is 13.3 Å². The minimum atomic E-state index is -0.678. The van der Waals surface area contributed by atoms with Gasteiger partial charge in [0.25, 0.3) is 0 Å². The van der Waals surface area contributed by atoms with Gasteiger partial charge in [-0.15, -0.1) is 0 Å². The molecule has 0 saturated carbocycles. The Morgan fingerprint density at radius 2 is 2.00 bits per heavy atom. The van der Waals surface area contributed by atoms with E-state index in [0.29, 0.717) is 6.04 Å². The van der Waals surface area contributed by atoms with E-state index in [0.717, 1.165) is 31.7 Å². The number of nitrogens with zero attached hydrogens (tertiary/aromatic N) is 1. The van der Waals surface area contributed by atoms with Crippen LogP contribution in [0.2, 0.25) is 0 Å². The lowest BCUT2D eigenvalue weighted by Gasteiger charge is -2.38. The van der Waals surface area contributed by atoms with Crippen LogP contribution in [-0.4, -0.2) is 35.1 Å². The summed E-state index contributed by atoms with van der Waals surface area (Å²) in [5, 5.41) is 9.06. The third-order valence-corrected chi connectivity index (χ3v) is 4.58. The Kier molecular flexibility index (Phi) is 5.64. The Labute approximate surface area is 112 Å². The molecule has 1 aliphatic heterocycles. The molecule has 0 amide bonds. The molecule has 0 bridgehead atoms. The van der Waals surface area contributed by atoms with E-state index in [9.17, 15) is 4.79 Å². The molecule has 2 unspecified atom stereocenters. The fraction of sp³-hybridized carbons (Fsp3) is 0.933. The lowest BCUT2D eigenvalue weighted by Crippen LogP contribution is -2.42. The number of carboxylic acid groups (broad SMARTS) is 1. The zero-order valence-corrected chi connectivity index (χ0v) is 12.4. The second-order valence-electron chi connectivity index (χ2n) is 6.54. The maximum Gasteiger partial charge on any atom is 0.309 e. The van der Waals surface area contributed by atoms with Crippen molar-refractivity contribution in [2.75, 3.05) is 13.1 Å². The molecular weight excluding hydrogens is 226 g/mol. The Hall–Kier alpha value is -0.570. The van der Waals surface area contributed by atoms with E-state index >= 15 is 0 Å². The molecule has 0 aromatic carbocycles. The van der Waals surface area contributed by atoms with Crippen LogP contribution in [-0.2, 0) is 4.79 Å². The van der Waals surface area contributed by atoms with Gasteiger partial charge in [-0.25, -0.2) is 0 Å². The molecular formula is C15H29NO2. The van der Waals surface area contributed by atoms with Crippen molar-refractivity contribution in [3.63, 3.8) is 0 Å². The van der Waals surface area contributed by atoms with Crippen molar-refractivity contribution < 1.29 is 9.90 Å². The highest BCUT2D eigenvalue weighted by Crippen LogP contribution is 2.25. The summed E-state index contributed by atoms with van der Waals surface area (Å²) < 4.78 is 0. The van der Waals surface area contributed by atoms with Crippen molar-refractivity contribution in [1.29, 1.82) is 0 Å². The molecule has 0 aromatic rings. The lowest BCUT2D eigenvalue weighted by molar-refractivity contribution is -0.147. The van der Waals surface area contributed by atoms with E-state index in [2.05, 4.69) is 18.7 Å². The highest BCUT2D eigenvalue weighted by Gasteiger charge is 2.27. The van der Waals surface area contributed by atoms with E-state index in [1.54, 1.807) is 0 Å². The average molecular weight is 255 g/mol. The quantitative estimate of drug-likeness (QED) is 0.740. The monoisotopic (exact) mass is 255 g/mol. The molecule has 18 heavy (non-hydrogen) atoms. The number of aliphatic carboxylic acids is 1. The molecule has 1 fully saturated rings. The van der Waals surface area contributed by atoms with Crippen LogP contribution in [0.4, 0.5) is 0 Å². The van der Waals surface area contributed by atoms with Crippen LogP contribution >= 0.6 is 0 Å². The van der Waals surface area contributed by atoms with Gasteiger partial charge in [0.2, 0.25) is 0 Å². The maximum atomic E-state index is 11.0.